The van der Waals surface area contributed by atoms with E-state index in [4.69, 9.17) is 25.8 Å². The molecule has 2 aromatic carbocycles. The Labute approximate surface area is 146 Å². The summed E-state index contributed by atoms with van der Waals surface area (Å²) >= 11 is 6.25. The third-order valence-corrected chi connectivity index (χ3v) is 5.24. The average molecular weight is 346 g/mol. The van der Waals surface area contributed by atoms with Crippen molar-refractivity contribution in [2.75, 3.05) is 34.4 Å². The Hall–Kier alpha value is -1.91. The fraction of sp³-hybridized carbons (Fsp3) is 0.368. The SMILES string of the molecule is COc1cc2c(cc1OC)[C@H]1CN(C)C[C@@H]1c1cc(Cl)ccc1O2. The molecule has 0 radical (unpaired) electrons. The summed E-state index contributed by atoms with van der Waals surface area (Å²) < 4.78 is 17.2. The van der Waals surface area contributed by atoms with Crippen molar-refractivity contribution in [3.05, 3.63) is 46.5 Å². The van der Waals surface area contributed by atoms with Crippen LogP contribution in [0.3, 0.4) is 0 Å². The van der Waals surface area contributed by atoms with Gasteiger partial charge in [-0.3, -0.25) is 0 Å². The molecule has 4 rings (SSSR count). The van der Waals surface area contributed by atoms with Crippen molar-refractivity contribution < 1.29 is 14.2 Å². The highest BCUT2D eigenvalue weighted by molar-refractivity contribution is 6.30. The van der Waals surface area contributed by atoms with E-state index in [1.54, 1.807) is 14.2 Å². The minimum absolute atomic E-state index is 0.338. The monoisotopic (exact) mass is 345 g/mol. The topological polar surface area (TPSA) is 30.9 Å². The number of halogens is 1. The fourth-order valence-corrected chi connectivity index (χ4v) is 4.09. The predicted molar refractivity (Wildman–Crippen MR) is 94.1 cm³/mol. The van der Waals surface area contributed by atoms with E-state index in [1.807, 2.05) is 24.3 Å². The maximum absolute atomic E-state index is 6.26. The lowest BCUT2D eigenvalue weighted by Gasteiger charge is -2.19. The molecule has 0 saturated carbocycles. The molecule has 0 aliphatic carbocycles. The highest BCUT2D eigenvalue weighted by Gasteiger charge is 2.39. The van der Waals surface area contributed by atoms with Crippen LogP contribution in [0.25, 0.3) is 0 Å². The number of methoxy groups -OCH3 is 2. The smallest absolute Gasteiger partial charge is 0.164 e. The first-order chi connectivity index (χ1) is 11.6. The maximum atomic E-state index is 6.26. The number of fused-ring (bicyclic) bond motifs is 5. The van der Waals surface area contributed by atoms with Crippen molar-refractivity contribution in [1.29, 1.82) is 0 Å². The van der Waals surface area contributed by atoms with E-state index >= 15 is 0 Å². The molecule has 0 N–H and O–H groups in total. The van der Waals surface area contributed by atoms with Crippen LogP contribution >= 0.6 is 11.6 Å². The van der Waals surface area contributed by atoms with Crippen LogP contribution in [-0.4, -0.2) is 39.3 Å². The van der Waals surface area contributed by atoms with E-state index in [1.165, 1.54) is 5.56 Å². The Bertz CT molecular complexity index is 792. The molecule has 2 atom stereocenters. The summed E-state index contributed by atoms with van der Waals surface area (Å²) in [4.78, 5) is 2.35. The molecular formula is C19H20ClNO3. The molecule has 0 spiro atoms. The third-order valence-electron chi connectivity index (χ3n) is 5.01. The van der Waals surface area contributed by atoms with Gasteiger partial charge in [-0.25, -0.2) is 0 Å². The fourth-order valence-electron chi connectivity index (χ4n) is 3.91. The Balaban J connectivity index is 1.92. The normalized spacial score (nSPS) is 22.0. The van der Waals surface area contributed by atoms with Crippen molar-refractivity contribution >= 4 is 11.6 Å². The van der Waals surface area contributed by atoms with Crippen molar-refractivity contribution in [2.45, 2.75) is 11.8 Å². The Kier molecular flexibility index (Phi) is 3.82. The van der Waals surface area contributed by atoms with Gasteiger partial charge in [0.05, 0.1) is 14.2 Å². The lowest BCUT2D eigenvalue weighted by atomic mass is 9.84. The van der Waals surface area contributed by atoms with E-state index in [0.29, 0.717) is 17.6 Å². The summed E-state index contributed by atoms with van der Waals surface area (Å²) in [5.74, 6) is 3.80. The van der Waals surface area contributed by atoms with Crippen LogP contribution < -0.4 is 14.2 Å². The number of hydrogen-bond donors (Lipinski definition) is 0. The van der Waals surface area contributed by atoms with Gasteiger partial charge in [0.15, 0.2) is 11.5 Å². The Morgan fingerprint density at radius 3 is 2.25 bits per heavy atom. The Morgan fingerprint density at radius 2 is 1.58 bits per heavy atom. The summed E-state index contributed by atoms with van der Waals surface area (Å²) in [5.41, 5.74) is 2.33. The van der Waals surface area contributed by atoms with Crippen LogP contribution in [0.2, 0.25) is 5.02 Å². The second kappa shape index (κ2) is 5.87. The lowest BCUT2D eigenvalue weighted by molar-refractivity contribution is 0.350. The zero-order valence-corrected chi connectivity index (χ0v) is 14.8. The van der Waals surface area contributed by atoms with Gasteiger partial charge in [0.2, 0.25) is 0 Å². The highest BCUT2D eigenvalue weighted by Crippen LogP contribution is 2.52. The van der Waals surface area contributed by atoms with Crippen LogP contribution in [0.1, 0.15) is 23.0 Å². The number of likely N-dealkylation sites (tertiary alicyclic amines) is 1. The second-order valence-corrected chi connectivity index (χ2v) is 6.90. The molecule has 2 aromatic rings. The van der Waals surface area contributed by atoms with Crippen molar-refractivity contribution in [3.8, 4) is 23.0 Å². The number of rotatable bonds is 2. The third kappa shape index (κ3) is 2.41. The van der Waals surface area contributed by atoms with E-state index in [2.05, 4.69) is 18.0 Å². The number of likely N-dealkylation sites (N-methyl/N-ethyl adjacent to an activating group) is 1. The number of ether oxygens (including phenoxy) is 3. The van der Waals surface area contributed by atoms with Crippen molar-refractivity contribution in [2.24, 2.45) is 0 Å². The highest BCUT2D eigenvalue weighted by atomic mass is 35.5. The lowest BCUT2D eigenvalue weighted by Crippen LogP contribution is -2.14. The quantitative estimate of drug-likeness (QED) is 0.813. The molecule has 0 bridgehead atoms. The van der Waals surface area contributed by atoms with Gasteiger partial charge in [0, 0.05) is 47.1 Å². The molecule has 4 nitrogen and oxygen atoms in total. The molecule has 1 saturated heterocycles. The molecule has 2 aliphatic rings. The van der Waals surface area contributed by atoms with E-state index < -0.39 is 0 Å². The number of hydrogen-bond acceptors (Lipinski definition) is 4. The zero-order chi connectivity index (χ0) is 16.8. The minimum Gasteiger partial charge on any atom is -0.493 e. The summed E-state index contributed by atoms with van der Waals surface area (Å²) in [6, 6.07) is 9.85. The maximum Gasteiger partial charge on any atom is 0.164 e. The van der Waals surface area contributed by atoms with Gasteiger partial charge in [-0.05, 0) is 31.3 Å². The van der Waals surface area contributed by atoms with Gasteiger partial charge < -0.3 is 19.1 Å². The van der Waals surface area contributed by atoms with Crippen LogP contribution in [-0.2, 0) is 0 Å². The second-order valence-electron chi connectivity index (χ2n) is 6.46. The number of nitrogens with zero attached hydrogens (tertiary/aromatic N) is 1. The predicted octanol–water partition coefficient (Wildman–Crippen LogP) is 4.28. The van der Waals surface area contributed by atoms with Crippen LogP contribution in [0.5, 0.6) is 23.0 Å². The van der Waals surface area contributed by atoms with Crippen LogP contribution in [0.4, 0.5) is 0 Å². The molecule has 0 aromatic heterocycles. The molecule has 2 aliphatic heterocycles. The van der Waals surface area contributed by atoms with Gasteiger partial charge in [0.25, 0.3) is 0 Å². The summed E-state index contributed by atoms with van der Waals surface area (Å²) in [6.45, 7) is 1.96. The first-order valence-electron chi connectivity index (χ1n) is 8.02. The average Bonchev–Trinajstić information content (AvgIpc) is 2.92. The standard InChI is InChI=1S/C19H20ClNO3/c1-21-9-14-12-6-11(20)4-5-16(12)24-17-8-19(23-3)18(22-2)7-13(17)15(14)10-21/h4-8,14-15H,9-10H2,1-3H3/t14-,15-/m1/s1. The van der Waals surface area contributed by atoms with Gasteiger partial charge in [-0.15, -0.1) is 0 Å². The molecule has 126 valence electrons. The van der Waals surface area contributed by atoms with E-state index in [-0.39, 0.29) is 0 Å². The van der Waals surface area contributed by atoms with Gasteiger partial charge in [0.1, 0.15) is 11.5 Å². The van der Waals surface area contributed by atoms with Crippen molar-refractivity contribution in [3.63, 3.8) is 0 Å². The van der Waals surface area contributed by atoms with Crippen molar-refractivity contribution in [1.82, 2.24) is 4.90 Å². The largest absolute Gasteiger partial charge is 0.493 e. The zero-order valence-electron chi connectivity index (χ0n) is 14.0. The first-order valence-corrected chi connectivity index (χ1v) is 8.40. The molecule has 2 heterocycles. The van der Waals surface area contributed by atoms with Gasteiger partial charge in [-0.2, -0.15) is 0 Å². The molecule has 24 heavy (non-hydrogen) atoms. The van der Waals surface area contributed by atoms with Crippen LogP contribution in [0, 0.1) is 0 Å². The van der Waals surface area contributed by atoms with E-state index in [9.17, 15) is 0 Å². The number of benzene rings is 2. The molecular weight excluding hydrogens is 326 g/mol. The molecule has 5 heteroatoms. The molecule has 1 fully saturated rings. The summed E-state index contributed by atoms with van der Waals surface area (Å²) in [7, 11) is 5.45. The van der Waals surface area contributed by atoms with Gasteiger partial charge in [-0.1, -0.05) is 11.6 Å². The van der Waals surface area contributed by atoms with Crippen LogP contribution in [0.15, 0.2) is 30.3 Å². The van der Waals surface area contributed by atoms with E-state index in [0.717, 1.165) is 40.9 Å². The Morgan fingerprint density at radius 1 is 0.958 bits per heavy atom. The minimum atomic E-state index is 0.338. The first kappa shape index (κ1) is 15.6. The summed E-state index contributed by atoms with van der Waals surface area (Å²) in [6.07, 6.45) is 0. The summed E-state index contributed by atoms with van der Waals surface area (Å²) in [5, 5.41) is 0.742. The molecule has 0 amide bonds. The van der Waals surface area contributed by atoms with Gasteiger partial charge >= 0.3 is 0 Å². The molecule has 0 unspecified atom stereocenters.